The van der Waals surface area contributed by atoms with Crippen molar-refractivity contribution in [3.63, 3.8) is 0 Å². The third-order valence-electron chi connectivity index (χ3n) is 3.90. The third kappa shape index (κ3) is 4.11. The van der Waals surface area contributed by atoms with Crippen molar-refractivity contribution < 1.29 is 14.3 Å². The Bertz CT molecular complexity index is 881. The van der Waals surface area contributed by atoms with Gasteiger partial charge in [0.05, 0.1) is 18.7 Å². The molecule has 7 heteroatoms. The molecule has 3 rings (SSSR count). The molecule has 2 amide bonds. The van der Waals surface area contributed by atoms with Crippen molar-refractivity contribution in [2.75, 3.05) is 19.1 Å². The highest BCUT2D eigenvalue weighted by molar-refractivity contribution is 9.10. The quantitative estimate of drug-likeness (QED) is 0.682. The molecular formula is C19H17BrN2O3S. The molecule has 0 saturated carbocycles. The average Bonchev–Trinajstić information content (AvgIpc) is 2.88. The van der Waals surface area contributed by atoms with E-state index in [1.165, 1.54) is 4.90 Å². The number of ether oxygens (including phenoxy) is 1. The van der Waals surface area contributed by atoms with Crippen LogP contribution in [0.25, 0.3) is 6.08 Å². The molecule has 0 unspecified atom stereocenters. The molecule has 0 aromatic heterocycles. The standard InChI is InChI=1S/C19H17BrN2O3S/c1-12-9-14(20)5-8-16(12)21-11-22-18(23)17(26-19(22)24)10-13-3-6-15(25-2)7-4-13/h3-10,21H,11H2,1-2H3/b17-10+. The molecule has 2 aromatic carbocycles. The summed E-state index contributed by atoms with van der Waals surface area (Å²) in [5.41, 5.74) is 2.75. The van der Waals surface area contributed by atoms with Crippen LogP contribution in [-0.4, -0.2) is 29.8 Å². The number of halogens is 1. The Kier molecular flexibility index (Phi) is 5.68. The zero-order valence-electron chi connectivity index (χ0n) is 14.3. The normalized spacial score (nSPS) is 15.7. The topological polar surface area (TPSA) is 58.6 Å². The number of nitrogens with zero attached hydrogens (tertiary/aromatic N) is 1. The minimum atomic E-state index is -0.293. The minimum absolute atomic E-state index is 0.132. The van der Waals surface area contributed by atoms with E-state index in [9.17, 15) is 9.59 Å². The van der Waals surface area contributed by atoms with Crippen LogP contribution in [0.15, 0.2) is 51.8 Å². The van der Waals surface area contributed by atoms with Gasteiger partial charge in [0.25, 0.3) is 11.1 Å². The van der Waals surface area contributed by atoms with Crippen LogP contribution >= 0.6 is 27.7 Å². The van der Waals surface area contributed by atoms with Crippen LogP contribution < -0.4 is 10.1 Å². The lowest BCUT2D eigenvalue weighted by molar-refractivity contribution is -0.122. The summed E-state index contributed by atoms with van der Waals surface area (Å²) in [5.74, 6) is 0.447. The maximum Gasteiger partial charge on any atom is 0.295 e. The molecule has 0 atom stereocenters. The SMILES string of the molecule is COc1ccc(/C=C2/SC(=O)N(CNc3ccc(Br)cc3C)C2=O)cc1. The lowest BCUT2D eigenvalue weighted by atomic mass is 10.2. The van der Waals surface area contributed by atoms with Gasteiger partial charge in [-0.2, -0.15) is 0 Å². The highest BCUT2D eigenvalue weighted by Gasteiger charge is 2.34. The van der Waals surface area contributed by atoms with Crippen molar-refractivity contribution in [1.82, 2.24) is 4.90 Å². The maximum absolute atomic E-state index is 12.5. The summed E-state index contributed by atoms with van der Waals surface area (Å²) in [5, 5.41) is 2.87. The molecule has 0 spiro atoms. The lowest BCUT2D eigenvalue weighted by Gasteiger charge is -2.16. The zero-order chi connectivity index (χ0) is 18.7. The van der Waals surface area contributed by atoms with E-state index in [2.05, 4.69) is 21.2 Å². The van der Waals surface area contributed by atoms with Crippen molar-refractivity contribution in [3.8, 4) is 5.75 Å². The number of imide groups is 1. The largest absolute Gasteiger partial charge is 0.497 e. The fourth-order valence-corrected chi connectivity index (χ4v) is 3.79. The van der Waals surface area contributed by atoms with Gasteiger partial charge in [0.2, 0.25) is 0 Å². The molecule has 1 fully saturated rings. The molecule has 134 valence electrons. The van der Waals surface area contributed by atoms with E-state index in [-0.39, 0.29) is 17.8 Å². The third-order valence-corrected chi connectivity index (χ3v) is 5.30. The van der Waals surface area contributed by atoms with Gasteiger partial charge >= 0.3 is 0 Å². The number of nitrogens with one attached hydrogen (secondary N) is 1. The number of hydrogen-bond acceptors (Lipinski definition) is 5. The molecule has 0 aliphatic carbocycles. The van der Waals surface area contributed by atoms with E-state index in [1.807, 2.05) is 49.4 Å². The van der Waals surface area contributed by atoms with Crippen LogP contribution in [0.5, 0.6) is 5.75 Å². The van der Waals surface area contributed by atoms with Crippen LogP contribution in [0.1, 0.15) is 11.1 Å². The average molecular weight is 433 g/mol. The first kappa shape index (κ1) is 18.5. The van der Waals surface area contributed by atoms with Gasteiger partial charge in [-0.3, -0.25) is 14.5 Å². The Morgan fingerprint density at radius 2 is 1.92 bits per heavy atom. The Hall–Kier alpha value is -2.25. The number of carbonyl (C=O) groups excluding carboxylic acids is 2. The summed E-state index contributed by atoms with van der Waals surface area (Å²) >= 11 is 4.36. The summed E-state index contributed by atoms with van der Waals surface area (Å²) in [6.07, 6.45) is 1.72. The number of thioether (sulfide) groups is 1. The van der Waals surface area contributed by atoms with Crippen LogP contribution in [0.4, 0.5) is 10.5 Å². The molecular weight excluding hydrogens is 416 g/mol. The fourth-order valence-electron chi connectivity index (χ4n) is 2.48. The first-order valence-corrected chi connectivity index (χ1v) is 9.48. The van der Waals surface area contributed by atoms with Gasteiger partial charge in [0.1, 0.15) is 5.75 Å². The molecule has 2 aromatic rings. The van der Waals surface area contributed by atoms with E-state index in [4.69, 9.17) is 4.74 Å². The molecule has 1 N–H and O–H groups in total. The lowest BCUT2D eigenvalue weighted by Crippen LogP contribution is -2.33. The number of amides is 2. The van der Waals surface area contributed by atoms with E-state index >= 15 is 0 Å². The molecule has 1 aliphatic heterocycles. The second kappa shape index (κ2) is 7.97. The fraction of sp³-hybridized carbons (Fsp3) is 0.158. The van der Waals surface area contributed by atoms with Gasteiger partial charge in [-0.25, -0.2) is 0 Å². The van der Waals surface area contributed by atoms with Crippen LogP contribution in [0.2, 0.25) is 0 Å². The van der Waals surface area contributed by atoms with E-state index in [1.54, 1.807) is 13.2 Å². The van der Waals surface area contributed by atoms with Crippen molar-refractivity contribution in [3.05, 3.63) is 63.0 Å². The van der Waals surface area contributed by atoms with Gasteiger partial charge in [0.15, 0.2) is 0 Å². The smallest absolute Gasteiger partial charge is 0.295 e. The Balaban J connectivity index is 1.70. The summed E-state index contributed by atoms with van der Waals surface area (Å²) in [7, 11) is 1.60. The Morgan fingerprint density at radius 3 is 2.58 bits per heavy atom. The van der Waals surface area contributed by atoms with E-state index in [0.29, 0.717) is 4.91 Å². The highest BCUT2D eigenvalue weighted by atomic mass is 79.9. The van der Waals surface area contributed by atoms with Crippen molar-refractivity contribution in [2.24, 2.45) is 0 Å². The van der Waals surface area contributed by atoms with Crippen LogP contribution in [-0.2, 0) is 4.79 Å². The number of methoxy groups -OCH3 is 1. The zero-order valence-corrected chi connectivity index (χ0v) is 16.7. The molecule has 1 heterocycles. The monoisotopic (exact) mass is 432 g/mol. The first-order chi connectivity index (χ1) is 12.5. The van der Waals surface area contributed by atoms with Gasteiger partial charge in [0, 0.05) is 10.2 Å². The number of rotatable bonds is 5. The molecule has 26 heavy (non-hydrogen) atoms. The molecule has 1 saturated heterocycles. The van der Waals surface area contributed by atoms with Gasteiger partial charge in [-0.05, 0) is 66.2 Å². The predicted molar refractivity (Wildman–Crippen MR) is 108 cm³/mol. The minimum Gasteiger partial charge on any atom is -0.497 e. The van der Waals surface area contributed by atoms with Crippen LogP contribution in [0, 0.1) is 6.92 Å². The van der Waals surface area contributed by atoms with Gasteiger partial charge < -0.3 is 10.1 Å². The van der Waals surface area contributed by atoms with Crippen molar-refractivity contribution in [2.45, 2.75) is 6.92 Å². The van der Waals surface area contributed by atoms with Crippen molar-refractivity contribution in [1.29, 1.82) is 0 Å². The highest BCUT2D eigenvalue weighted by Crippen LogP contribution is 2.32. The van der Waals surface area contributed by atoms with E-state index in [0.717, 1.165) is 38.8 Å². The second-order valence-electron chi connectivity index (χ2n) is 5.68. The van der Waals surface area contributed by atoms with Crippen LogP contribution in [0.3, 0.4) is 0 Å². The van der Waals surface area contributed by atoms with Crippen molar-refractivity contribution >= 4 is 50.6 Å². The second-order valence-corrected chi connectivity index (χ2v) is 7.59. The number of carbonyl (C=O) groups is 2. The summed E-state index contributed by atoms with van der Waals surface area (Å²) in [6.45, 7) is 2.09. The number of aryl methyl sites for hydroxylation is 1. The Labute approximate surface area is 164 Å². The van der Waals surface area contributed by atoms with Gasteiger partial charge in [-0.1, -0.05) is 28.1 Å². The molecule has 0 bridgehead atoms. The summed E-state index contributed by atoms with van der Waals surface area (Å²) in [4.78, 5) is 26.4. The number of hydrogen-bond donors (Lipinski definition) is 1. The molecule has 0 radical (unpaired) electrons. The van der Waals surface area contributed by atoms with Gasteiger partial charge in [-0.15, -0.1) is 0 Å². The maximum atomic E-state index is 12.5. The number of benzene rings is 2. The summed E-state index contributed by atoms with van der Waals surface area (Å²) < 4.78 is 6.10. The first-order valence-electron chi connectivity index (χ1n) is 7.87. The molecule has 1 aliphatic rings. The van der Waals surface area contributed by atoms with E-state index < -0.39 is 0 Å². The summed E-state index contributed by atoms with van der Waals surface area (Å²) in [6, 6.07) is 13.1. The molecule has 5 nitrogen and oxygen atoms in total. The predicted octanol–water partition coefficient (Wildman–Crippen LogP) is 4.87. The Morgan fingerprint density at radius 1 is 1.19 bits per heavy atom. The number of anilines is 1.